The Morgan fingerprint density at radius 2 is 1.93 bits per heavy atom. The number of thiazole rings is 1. The van der Waals surface area contributed by atoms with Crippen molar-refractivity contribution in [1.82, 2.24) is 4.98 Å². The number of aliphatic hydroxyl groups excluding tert-OH is 2. The second kappa shape index (κ2) is 4.34. The molecule has 1 rings (SSSR count). The van der Waals surface area contributed by atoms with Crippen molar-refractivity contribution in [3.63, 3.8) is 0 Å². The molecule has 0 amide bonds. The minimum absolute atomic E-state index is 0.137. The second-order valence-electron chi connectivity index (χ2n) is 2.60. The van der Waals surface area contributed by atoms with Crippen LogP contribution in [0, 0.1) is 0 Å². The van der Waals surface area contributed by atoms with Gasteiger partial charge in [-0.15, -0.1) is 11.3 Å². The molecule has 1 heterocycles. The van der Waals surface area contributed by atoms with E-state index in [-0.39, 0.29) is 9.88 Å². The summed E-state index contributed by atoms with van der Waals surface area (Å²) in [4.78, 5) is 24.1. The average Bonchev–Trinajstić information content (AvgIpc) is 2.64. The smallest absolute Gasteiger partial charge is 0.347 e. The number of carbonyl (C=O) groups is 2. The number of hydrogen-bond donors (Lipinski definition) is 4. The molecule has 1 aromatic rings. The molecule has 1 aromatic heterocycles. The van der Waals surface area contributed by atoms with E-state index >= 15 is 0 Å². The molecule has 2 atom stereocenters. The van der Waals surface area contributed by atoms with Crippen molar-refractivity contribution in [2.75, 3.05) is 0 Å². The highest BCUT2D eigenvalue weighted by Gasteiger charge is 2.28. The molecule has 0 saturated carbocycles. The summed E-state index contributed by atoms with van der Waals surface area (Å²) in [6.07, 6.45) is -2.75. The van der Waals surface area contributed by atoms with Gasteiger partial charge in [0.15, 0.2) is 6.10 Å². The maximum absolute atomic E-state index is 10.5. The van der Waals surface area contributed by atoms with Crippen LogP contribution in [0.4, 0.5) is 0 Å². The first-order chi connectivity index (χ1) is 6.93. The lowest BCUT2D eigenvalue weighted by Gasteiger charge is -2.10. The lowest BCUT2D eigenvalue weighted by molar-refractivity contribution is -0.153. The number of carboxylic acid groups (broad SMARTS) is 2. The normalized spacial score (nSPS) is 14.5. The minimum Gasteiger partial charge on any atom is -0.479 e. The molecule has 82 valence electrons. The van der Waals surface area contributed by atoms with Crippen molar-refractivity contribution in [1.29, 1.82) is 0 Å². The molecule has 4 N–H and O–H groups in total. The maximum atomic E-state index is 10.5. The Labute approximate surface area is 87.3 Å². The predicted molar refractivity (Wildman–Crippen MR) is 47.7 cm³/mol. The summed E-state index contributed by atoms with van der Waals surface area (Å²) in [5.41, 5.74) is 0. The molecule has 0 bridgehead atoms. The van der Waals surface area contributed by atoms with Crippen LogP contribution in [0.25, 0.3) is 0 Å². The van der Waals surface area contributed by atoms with E-state index in [0.29, 0.717) is 11.3 Å². The number of rotatable bonds is 4. The first kappa shape index (κ1) is 11.6. The SMILES string of the molecule is O=C(O)c1cnc(C(O)C(O)C(=O)O)s1. The Bertz CT molecular complexity index is 389. The molecule has 8 heteroatoms. The summed E-state index contributed by atoms with van der Waals surface area (Å²) in [6, 6.07) is 0. The summed E-state index contributed by atoms with van der Waals surface area (Å²) < 4.78 is 0. The number of aliphatic hydroxyl groups is 2. The fourth-order valence-corrected chi connectivity index (χ4v) is 1.57. The van der Waals surface area contributed by atoms with Gasteiger partial charge >= 0.3 is 11.9 Å². The van der Waals surface area contributed by atoms with E-state index in [0.717, 1.165) is 6.20 Å². The summed E-state index contributed by atoms with van der Waals surface area (Å²) in [6.45, 7) is 0. The molecule has 15 heavy (non-hydrogen) atoms. The molecular formula is C7H7NO6S. The van der Waals surface area contributed by atoms with Crippen LogP contribution in [0.2, 0.25) is 0 Å². The molecular weight excluding hydrogens is 226 g/mol. The van der Waals surface area contributed by atoms with Crippen molar-refractivity contribution in [3.8, 4) is 0 Å². The number of carboxylic acids is 2. The van der Waals surface area contributed by atoms with Gasteiger partial charge in [-0.3, -0.25) is 0 Å². The van der Waals surface area contributed by atoms with E-state index in [2.05, 4.69) is 4.98 Å². The van der Waals surface area contributed by atoms with Gasteiger partial charge in [-0.1, -0.05) is 0 Å². The molecule has 0 aliphatic rings. The summed E-state index contributed by atoms with van der Waals surface area (Å²) in [5.74, 6) is -2.83. The van der Waals surface area contributed by atoms with Gasteiger partial charge in [0.1, 0.15) is 16.0 Å². The molecule has 7 nitrogen and oxygen atoms in total. The Morgan fingerprint density at radius 3 is 2.33 bits per heavy atom. The van der Waals surface area contributed by atoms with Crippen LogP contribution < -0.4 is 0 Å². The summed E-state index contributed by atoms with van der Waals surface area (Å²) in [5, 5.41) is 35.0. The minimum atomic E-state index is -2.02. The van der Waals surface area contributed by atoms with Crippen LogP contribution in [0.15, 0.2) is 6.20 Å². The highest BCUT2D eigenvalue weighted by Crippen LogP contribution is 2.22. The van der Waals surface area contributed by atoms with Crippen LogP contribution in [-0.2, 0) is 4.79 Å². The van der Waals surface area contributed by atoms with Crippen LogP contribution >= 0.6 is 11.3 Å². The number of aromatic carboxylic acids is 1. The zero-order valence-corrected chi connectivity index (χ0v) is 8.01. The molecule has 2 unspecified atom stereocenters. The van der Waals surface area contributed by atoms with Gasteiger partial charge in [-0.25, -0.2) is 14.6 Å². The Hall–Kier alpha value is -1.51. The molecule has 0 fully saturated rings. The first-order valence-corrected chi connectivity index (χ1v) is 4.53. The van der Waals surface area contributed by atoms with Crippen molar-refractivity contribution >= 4 is 23.3 Å². The van der Waals surface area contributed by atoms with Crippen LogP contribution in [0.5, 0.6) is 0 Å². The molecule has 0 spiro atoms. The molecule has 0 aromatic carbocycles. The number of aromatic nitrogens is 1. The van der Waals surface area contributed by atoms with Gasteiger partial charge < -0.3 is 20.4 Å². The van der Waals surface area contributed by atoms with Gasteiger partial charge in [-0.2, -0.15) is 0 Å². The topological polar surface area (TPSA) is 128 Å². The van der Waals surface area contributed by atoms with E-state index in [1.807, 2.05) is 0 Å². The Kier molecular flexibility index (Phi) is 3.35. The van der Waals surface area contributed by atoms with Crippen LogP contribution in [0.3, 0.4) is 0 Å². The van der Waals surface area contributed by atoms with Crippen molar-refractivity contribution in [2.24, 2.45) is 0 Å². The Morgan fingerprint density at radius 1 is 1.33 bits per heavy atom. The fourth-order valence-electron chi connectivity index (χ4n) is 0.793. The average molecular weight is 233 g/mol. The maximum Gasteiger partial charge on any atom is 0.347 e. The zero-order valence-electron chi connectivity index (χ0n) is 7.19. The van der Waals surface area contributed by atoms with Gasteiger partial charge in [0.2, 0.25) is 0 Å². The second-order valence-corrected chi connectivity index (χ2v) is 3.66. The first-order valence-electron chi connectivity index (χ1n) is 3.71. The number of aliphatic carboxylic acids is 1. The third kappa shape index (κ3) is 2.49. The highest BCUT2D eigenvalue weighted by molar-refractivity contribution is 7.13. The van der Waals surface area contributed by atoms with Crippen molar-refractivity contribution in [2.45, 2.75) is 12.2 Å². The van der Waals surface area contributed by atoms with Gasteiger partial charge in [-0.05, 0) is 0 Å². The number of nitrogens with zero attached hydrogens (tertiary/aromatic N) is 1. The molecule has 0 radical (unpaired) electrons. The third-order valence-electron chi connectivity index (χ3n) is 1.54. The summed E-state index contributed by atoms with van der Waals surface area (Å²) in [7, 11) is 0. The Balaban J connectivity index is 2.87. The van der Waals surface area contributed by atoms with Gasteiger partial charge in [0, 0.05) is 0 Å². The quantitative estimate of drug-likeness (QED) is 0.542. The van der Waals surface area contributed by atoms with Crippen molar-refractivity contribution < 1.29 is 30.0 Å². The standard InChI is InChI=1S/C7H7NO6S/c9-3(4(10)7(13)14)5-8-1-2(15-5)6(11)12/h1,3-4,9-10H,(H,11,12)(H,13,14). The fraction of sp³-hybridized carbons (Fsp3) is 0.286. The van der Waals surface area contributed by atoms with E-state index in [1.165, 1.54) is 0 Å². The van der Waals surface area contributed by atoms with Gasteiger partial charge in [0.05, 0.1) is 6.20 Å². The van der Waals surface area contributed by atoms with Crippen molar-refractivity contribution in [3.05, 3.63) is 16.1 Å². The van der Waals surface area contributed by atoms with E-state index < -0.39 is 24.1 Å². The lowest BCUT2D eigenvalue weighted by Crippen LogP contribution is -2.27. The molecule has 0 saturated heterocycles. The third-order valence-corrected chi connectivity index (χ3v) is 2.60. The molecule has 0 aliphatic carbocycles. The molecule has 0 aliphatic heterocycles. The van der Waals surface area contributed by atoms with Crippen LogP contribution in [0.1, 0.15) is 20.8 Å². The monoisotopic (exact) mass is 233 g/mol. The van der Waals surface area contributed by atoms with Crippen LogP contribution in [-0.4, -0.2) is 43.5 Å². The van der Waals surface area contributed by atoms with E-state index in [4.69, 9.17) is 15.3 Å². The van der Waals surface area contributed by atoms with E-state index in [1.54, 1.807) is 0 Å². The lowest BCUT2D eigenvalue weighted by atomic mass is 10.2. The summed E-state index contributed by atoms with van der Waals surface area (Å²) >= 11 is 0.611. The predicted octanol–water partition coefficient (Wildman–Crippen LogP) is -0.680. The van der Waals surface area contributed by atoms with Gasteiger partial charge in [0.25, 0.3) is 0 Å². The zero-order chi connectivity index (χ0) is 11.6. The van der Waals surface area contributed by atoms with E-state index in [9.17, 15) is 14.7 Å². The number of hydrogen-bond acceptors (Lipinski definition) is 6. The highest BCUT2D eigenvalue weighted by atomic mass is 32.1. The largest absolute Gasteiger partial charge is 0.479 e.